The average molecular weight is 459 g/mol. The number of likely N-dealkylation sites (tertiary alicyclic amines) is 1. The van der Waals surface area contributed by atoms with Crippen molar-refractivity contribution in [3.8, 4) is 11.5 Å². The lowest BCUT2D eigenvalue weighted by Crippen LogP contribution is -2.29. The lowest BCUT2D eigenvalue weighted by Gasteiger charge is -2.25. The van der Waals surface area contributed by atoms with Gasteiger partial charge in [0.2, 0.25) is 0 Å². The lowest BCUT2D eigenvalue weighted by atomic mass is 9.93. The minimum Gasteiger partial charge on any atom is -0.508 e. The number of phenols is 1. The molecule has 174 valence electrons. The number of aliphatic hydroxyl groups excluding tert-OH is 1. The van der Waals surface area contributed by atoms with Crippen molar-refractivity contribution in [2.75, 3.05) is 7.11 Å². The largest absolute Gasteiger partial charge is 0.508 e. The Morgan fingerprint density at radius 1 is 1.09 bits per heavy atom. The number of amides is 1. The van der Waals surface area contributed by atoms with E-state index in [1.54, 1.807) is 61.8 Å². The number of carbonyl (C=O) groups excluding carboxylic acids is 2. The number of phenolic OH excluding ortho intramolecular Hbond substituents is 1. The van der Waals surface area contributed by atoms with Crippen LogP contribution in [0.2, 0.25) is 0 Å². The van der Waals surface area contributed by atoms with Crippen molar-refractivity contribution < 1.29 is 24.5 Å². The molecule has 1 saturated heterocycles. The molecule has 7 heteroatoms. The SMILES string of the molecule is COc1ccc(/C(O)=C2/C(=O)C(=O)N(Cc3ccccn3)C2c2cccc(O)c2)cc1C(C)C. The molecule has 1 unspecified atom stereocenters. The summed E-state index contributed by atoms with van der Waals surface area (Å²) in [5.74, 6) is -1.03. The van der Waals surface area contributed by atoms with Crippen LogP contribution in [0.1, 0.15) is 48.2 Å². The zero-order valence-electron chi connectivity index (χ0n) is 19.2. The minimum atomic E-state index is -0.890. The topological polar surface area (TPSA) is 100.0 Å². The number of aromatic hydroxyl groups is 1. The molecule has 1 amide bonds. The third-order valence-electron chi connectivity index (χ3n) is 5.91. The van der Waals surface area contributed by atoms with Gasteiger partial charge in [0.1, 0.15) is 17.3 Å². The van der Waals surface area contributed by atoms with Gasteiger partial charge in [-0.1, -0.05) is 32.0 Å². The average Bonchev–Trinajstić information content (AvgIpc) is 3.08. The number of carbonyl (C=O) groups is 2. The molecule has 0 aliphatic carbocycles. The summed E-state index contributed by atoms with van der Waals surface area (Å²) in [4.78, 5) is 32.0. The lowest BCUT2D eigenvalue weighted by molar-refractivity contribution is -0.140. The zero-order valence-corrected chi connectivity index (χ0v) is 19.2. The number of hydrogen-bond donors (Lipinski definition) is 2. The molecule has 3 aromatic rings. The number of benzene rings is 2. The van der Waals surface area contributed by atoms with Gasteiger partial charge in [-0.3, -0.25) is 14.6 Å². The van der Waals surface area contributed by atoms with E-state index in [1.807, 2.05) is 13.8 Å². The Balaban J connectivity index is 1.89. The Bertz CT molecular complexity index is 1270. The van der Waals surface area contributed by atoms with Gasteiger partial charge in [0, 0.05) is 11.8 Å². The molecule has 2 aromatic carbocycles. The second-order valence-electron chi connectivity index (χ2n) is 8.45. The third-order valence-corrected chi connectivity index (χ3v) is 5.91. The molecule has 7 nitrogen and oxygen atoms in total. The summed E-state index contributed by atoms with van der Waals surface area (Å²) < 4.78 is 5.43. The fourth-order valence-corrected chi connectivity index (χ4v) is 4.24. The number of pyridine rings is 1. The van der Waals surface area contributed by atoms with Crippen LogP contribution in [-0.4, -0.2) is 38.9 Å². The number of Topliss-reactive ketones (excluding diaryl/α,β-unsaturated/α-hetero) is 1. The highest BCUT2D eigenvalue weighted by molar-refractivity contribution is 6.46. The van der Waals surface area contributed by atoms with Crippen molar-refractivity contribution in [1.82, 2.24) is 9.88 Å². The summed E-state index contributed by atoms with van der Waals surface area (Å²) in [5, 5.41) is 21.4. The summed E-state index contributed by atoms with van der Waals surface area (Å²) in [6.07, 6.45) is 1.61. The molecule has 0 bridgehead atoms. The number of rotatable bonds is 6. The van der Waals surface area contributed by atoms with Crippen LogP contribution in [0, 0.1) is 0 Å². The first-order valence-electron chi connectivity index (χ1n) is 11.0. The monoisotopic (exact) mass is 458 g/mol. The van der Waals surface area contributed by atoms with E-state index in [0.717, 1.165) is 5.56 Å². The minimum absolute atomic E-state index is 0.00698. The van der Waals surface area contributed by atoms with Gasteiger partial charge < -0.3 is 19.8 Å². The number of aromatic nitrogens is 1. The maximum absolute atomic E-state index is 13.2. The molecule has 1 fully saturated rings. The highest BCUT2D eigenvalue weighted by Crippen LogP contribution is 2.41. The molecule has 0 spiro atoms. The second kappa shape index (κ2) is 9.39. The van der Waals surface area contributed by atoms with E-state index in [0.29, 0.717) is 22.6 Å². The summed E-state index contributed by atoms with van der Waals surface area (Å²) >= 11 is 0. The number of aliphatic hydroxyl groups is 1. The Hall–Kier alpha value is -4.13. The summed E-state index contributed by atoms with van der Waals surface area (Å²) in [6.45, 7) is 4.07. The first kappa shape index (κ1) is 23.0. The van der Waals surface area contributed by atoms with Gasteiger partial charge >= 0.3 is 0 Å². The second-order valence-corrected chi connectivity index (χ2v) is 8.45. The van der Waals surface area contributed by atoms with Crippen LogP contribution in [-0.2, 0) is 16.1 Å². The Morgan fingerprint density at radius 2 is 1.88 bits per heavy atom. The predicted octanol–water partition coefficient (Wildman–Crippen LogP) is 4.54. The molecule has 1 aromatic heterocycles. The number of hydrogen-bond acceptors (Lipinski definition) is 6. The van der Waals surface area contributed by atoms with Crippen LogP contribution in [0.4, 0.5) is 0 Å². The van der Waals surface area contributed by atoms with Crippen molar-refractivity contribution in [3.63, 3.8) is 0 Å². The molecule has 1 atom stereocenters. The quantitative estimate of drug-likeness (QED) is 0.320. The van der Waals surface area contributed by atoms with Crippen LogP contribution < -0.4 is 4.74 Å². The molecule has 1 aliphatic rings. The molecular weight excluding hydrogens is 432 g/mol. The van der Waals surface area contributed by atoms with Gasteiger partial charge in [0.15, 0.2) is 0 Å². The number of methoxy groups -OCH3 is 1. The highest BCUT2D eigenvalue weighted by atomic mass is 16.5. The summed E-state index contributed by atoms with van der Waals surface area (Å²) in [6, 6.07) is 15.9. The van der Waals surface area contributed by atoms with Gasteiger partial charge in [0.25, 0.3) is 11.7 Å². The normalized spacial score (nSPS) is 17.4. The maximum atomic E-state index is 13.2. The van der Waals surface area contributed by atoms with Gasteiger partial charge in [-0.15, -0.1) is 0 Å². The fraction of sp³-hybridized carbons (Fsp3) is 0.222. The van der Waals surface area contributed by atoms with Gasteiger partial charge in [-0.25, -0.2) is 0 Å². The van der Waals surface area contributed by atoms with Crippen molar-refractivity contribution >= 4 is 17.4 Å². The van der Waals surface area contributed by atoms with E-state index in [4.69, 9.17) is 4.74 Å². The van der Waals surface area contributed by atoms with Crippen LogP contribution >= 0.6 is 0 Å². The van der Waals surface area contributed by atoms with Crippen molar-refractivity contribution in [3.05, 3.63) is 94.8 Å². The smallest absolute Gasteiger partial charge is 0.296 e. The van der Waals surface area contributed by atoms with E-state index in [9.17, 15) is 19.8 Å². The third kappa shape index (κ3) is 4.24. The summed E-state index contributed by atoms with van der Waals surface area (Å²) in [7, 11) is 1.58. The molecule has 34 heavy (non-hydrogen) atoms. The van der Waals surface area contributed by atoms with Crippen LogP contribution in [0.5, 0.6) is 11.5 Å². The van der Waals surface area contributed by atoms with E-state index in [-0.39, 0.29) is 29.5 Å². The van der Waals surface area contributed by atoms with E-state index >= 15 is 0 Å². The number of ether oxygens (including phenoxy) is 1. The molecule has 0 saturated carbocycles. The molecular formula is C27H26N2O5. The highest BCUT2D eigenvalue weighted by Gasteiger charge is 2.46. The molecule has 2 heterocycles. The van der Waals surface area contributed by atoms with Crippen molar-refractivity contribution in [2.45, 2.75) is 32.4 Å². The van der Waals surface area contributed by atoms with E-state index < -0.39 is 17.7 Å². The van der Waals surface area contributed by atoms with Crippen molar-refractivity contribution in [2.24, 2.45) is 0 Å². The number of nitrogens with zero attached hydrogens (tertiary/aromatic N) is 2. The van der Waals surface area contributed by atoms with Gasteiger partial charge in [0.05, 0.1) is 31.0 Å². The molecule has 2 N–H and O–H groups in total. The van der Waals surface area contributed by atoms with E-state index in [1.165, 1.54) is 17.0 Å². The van der Waals surface area contributed by atoms with Crippen LogP contribution in [0.3, 0.4) is 0 Å². The predicted molar refractivity (Wildman–Crippen MR) is 127 cm³/mol. The van der Waals surface area contributed by atoms with Gasteiger partial charge in [-0.2, -0.15) is 0 Å². The molecule has 1 aliphatic heterocycles. The van der Waals surface area contributed by atoms with Crippen molar-refractivity contribution in [1.29, 1.82) is 0 Å². The zero-order chi connectivity index (χ0) is 24.4. The first-order valence-corrected chi connectivity index (χ1v) is 11.0. The standard InChI is InChI=1S/C27H26N2O5/c1-16(2)21-14-18(10-11-22(21)34-3)25(31)23-24(17-7-6-9-20(30)13-17)29(27(33)26(23)32)15-19-8-4-5-12-28-19/h4-14,16,24,30-31H,15H2,1-3H3/b25-23-. The Labute approximate surface area is 198 Å². The maximum Gasteiger partial charge on any atom is 0.296 e. The molecule has 4 rings (SSSR count). The Morgan fingerprint density at radius 3 is 2.53 bits per heavy atom. The van der Waals surface area contributed by atoms with E-state index in [2.05, 4.69) is 4.98 Å². The number of ketones is 1. The Kier molecular flexibility index (Phi) is 6.36. The van der Waals surface area contributed by atoms with Gasteiger partial charge in [-0.05, 0) is 59.5 Å². The summed E-state index contributed by atoms with van der Waals surface area (Å²) in [5.41, 5.74) is 2.34. The van der Waals surface area contributed by atoms with Crippen LogP contribution in [0.25, 0.3) is 5.76 Å². The van der Waals surface area contributed by atoms with Crippen LogP contribution in [0.15, 0.2) is 72.4 Å². The first-order chi connectivity index (χ1) is 16.3. The molecule has 0 radical (unpaired) electrons. The fourth-order valence-electron chi connectivity index (χ4n) is 4.24.